The Kier molecular flexibility index (Phi) is 7.53. The zero-order valence-corrected chi connectivity index (χ0v) is 12.6. The normalized spacial score (nSPS) is 12.7. The maximum Gasteiger partial charge on any atom is 0.0718 e. The molecule has 0 aromatic heterocycles. The van der Waals surface area contributed by atoms with Gasteiger partial charge in [0, 0.05) is 18.8 Å². The van der Waals surface area contributed by atoms with E-state index in [1.54, 1.807) is 7.11 Å². The lowest BCUT2D eigenvalue weighted by molar-refractivity contribution is 0.0617. The van der Waals surface area contributed by atoms with Gasteiger partial charge in [-0.2, -0.15) is 0 Å². The quantitative estimate of drug-likeness (QED) is 0.691. The smallest absolute Gasteiger partial charge is 0.0718 e. The van der Waals surface area contributed by atoms with Crippen LogP contribution in [0.4, 0.5) is 5.69 Å². The fourth-order valence-electron chi connectivity index (χ4n) is 2.04. The van der Waals surface area contributed by atoms with Gasteiger partial charge < -0.3 is 14.8 Å². The predicted octanol–water partition coefficient (Wildman–Crippen LogP) is 3.70. The number of anilines is 1. The summed E-state index contributed by atoms with van der Waals surface area (Å²) in [5, 5.41) is 3.59. The standard InChI is InChI=1S/C16H27NO2/c1-5-16(13(2)3)17-15-8-6-7-14(11-15)12-19-10-9-18-4/h6-8,11,13,16-17H,5,9-10,12H2,1-4H3. The van der Waals surface area contributed by atoms with E-state index >= 15 is 0 Å². The van der Waals surface area contributed by atoms with Gasteiger partial charge in [0.25, 0.3) is 0 Å². The van der Waals surface area contributed by atoms with Crippen LogP contribution in [0.1, 0.15) is 32.8 Å². The highest BCUT2D eigenvalue weighted by molar-refractivity contribution is 5.46. The third-order valence-electron chi connectivity index (χ3n) is 3.22. The first kappa shape index (κ1) is 16.0. The van der Waals surface area contributed by atoms with E-state index in [9.17, 15) is 0 Å². The van der Waals surface area contributed by atoms with Crippen LogP contribution in [-0.2, 0) is 16.1 Å². The minimum absolute atomic E-state index is 0.518. The van der Waals surface area contributed by atoms with Crippen molar-refractivity contribution in [2.24, 2.45) is 5.92 Å². The molecule has 0 radical (unpaired) electrons. The van der Waals surface area contributed by atoms with Crippen molar-refractivity contribution in [2.45, 2.75) is 39.8 Å². The second-order valence-electron chi connectivity index (χ2n) is 5.15. The number of benzene rings is 1. The van der Waals surface area contributed by atoms with Crippen LogP contribution in [-0.4, -0.2) is 26.4 Å². The van der Waals surface area contributed by atoms with Gasteiger partial charge in [0.15, 0.2) is 0 Å². The van der Waals surface area contributed by atoms with Gasteiger partial charge in [-0.05, 0) is 30.0 Å². The van der Waals surface area contributed by atoms with Crippen molar-refractivity contribution in [3.05, 3.63) is 29.8 Å². The molecule has 0 amide bonds. The Morgan fingerprint density at radius 1 is 1.21 bits per heavy atom. The number of ether oxygens (including phenoxy) is 2. The van der Waals surface area contributed by atoms with E-state index in [-0.39, 0.29) is 0 Å². The summed E-state index contributed by atoms with van der Waals surface area (Å²) >= 11 is 0. The summed E-state index contributed by atoms with van der Waals surface area (Å²) in [6, 6.07) is 8.96. The minimum atomic E-state index is 0.518. The highest BCUT2D eigenvalue weighted by Gasteiger charge is 2.10. The van der Waals surface area contributed by atoms with Crippen LogP contribution in [0.25, 0.3) is 0 Å². The molecule has 3 heteroatoms. The van der Waals surface area contributed by atoms with E-state index < -0.39 is 0 Å². The van der Waals surface area contributed by atoms with E-state index in [0.29, 0.717) is 31.8 Å². The first-order valence-corrected chi connectivity index (χ1v) is 7.09. The van der Waals surface area contributed by atoms with Gasteiger partial charge in [-0.15, -0.1) is 0 Å². The Bertz CT molecular complexity index is 352. The molecule has 0 bridgehead atoms. The van der Waals surface area contributed by atoms with Crippen LogP contribution in [0, 0.1) is 5.92 Å². The Hall–Kier alpha value is -1.06. The van der Waals surface area contributed by atoms with Crippen molar-refractivity contribution >= 4 is 5.69 Å². The lowest BCUT2D eigenvalue weighted by Gasteiger charge is -2.22. The minimum Gasteiger partial charge on any atom is -0.382 e. The summed E-state index contributed by atoms with van der Waals surface area (Å²) in [6.45, 7) is 8.63. The van der Waals surface area contributed by atoms with E-state index in [0.717, 1.165) is 6.42 Å². The Morgan fingerprint density at radius 3 is 2.63 bits per heavy atom. The number of nitrogens with one attached hydrogen (secondary N) is 1. The van der Waals surface area contributed by atoms with Crippen molar-refractivity contribution in [3.63, 3.8) is 0 Å². The molecule has 0 saturated carbocycles. The third kappa shape index (κ3) is 6.08. The molecule has 0 aliphatic rings. The van der Waals surface area contributed by atoms with Gasteiger partial charge in [0.2, 0.25) is 0 Å². The molecule has 1 rings (SSSR count). The molecular weight excluding hydrogens is 238 g/mol. The van der Waals surface area contributed by atoms with E-state index in [1.807, 2.05) is 0 Å². The maximum atomic E-state index is 5.54. The first-order chi connectivity index (χ1) is 9.17. The summed E-state index contributed by atoms with van der Waals surface area (Å²) in [6.07, 6.45) is 1.13. The van der Waals surface area contributed by atoms with Gasteiger partial charge >= 0.3 is 0 Å². The van der Waals surface area contributed by atoms with Crippen LogP contribution in [0.15, 0.2) is 24.3 Å². The fraction of sp³-hybridized carbons (Fsp3) is 0.625. The molecule has 3 nitrogen and oxygen atoms in total. The maximum absolute atomic E-state index is 5.54. The highest BCUT2D eigenvalue weighted by Crippen LogP contribution is 2.17. The van der Waals surface area contributed by atoms with Crippen LogP contribution in [0.2, 0.25) is 0 Å². The number of hydrogen-bond donors (Lipinski definition) is 1. The highest BCUT2D eigenvalue weighted by atomic mass is 16.5. The summed E-state index contributed by atoms with van der Waals surface area (Å²) in [4.78, 5) is 0. The van der Waals surface area contributed by atoms with Crippen molar-refractivity contribution in [3.8, 4) is 0 Å². The summed E-state index contributed by atoms with van der Waals surface area (Å²) in [5.74, 6) is 0.631. The van der Waals surface area contributed by atoms with Gasteiger partial charge in [-0.3, -0.25) is 0 Å². The van der Waals surface area contributed by atoms with Crippen molar-refractivity contribution in [2.75, 3.05) is 25.6 Å². The monoisotopic (exact) mass is 265 g/mol. The summed E-state index contributed by atoms with van der Waals surface area (Å²) < 4.78 is 10.5. The zero-order chi connectivity index (χ0) is 14.1. The molecule has 0 aliphatic carbocycles. The predicted molar refractivity (Wildman–Crippen MR) is 80.5 cm³/mol. The number of methoxy groups -OCH3 is 1. The van der Waals surface area contributed by atoms with E-state index in [4.69, 9.17) is 9.47 Å². The zero-order valence-electron chi connectivity index (χ0n) is 12.6. The molecule has 19 heavy (non-hydrogen) atoms. The van der Waals surface area contributed by atoms with Crippen LogP contribution >= 0.6 is 0 Å². The average Bonchev–Trinajstić information content (AvgIpc) is 2.41. The fourth-order valence-corrected chi connectivity index (χ4v) is 2.04. The van der Waals surface area contributed by atoms with Crippen molar-refractivity contribution in [1.29, 1.82) is 0 Å². The van der Waals surface area contributed by atoms with Gasteiger partial charge in [-0.25, -0.2) is 0 Å². The number of rotatable bonds is 9. The molecule has 1 unspecified atom stereocenters. The molecule has 0 fully saturated rings. The van der Waals surface area contributed by atoms with Crippen molar-refractivity contribution in [1.82, 2.24) is 0 Å². The summed E-state index contributed by atoms with van der Waals surface area (Å²) in [5.41, 5.74) is 2.37. The molecule has 0 heterocycles. The molecule has 108 valence electrons. The molecule has 1 aromatic carbocycles. The first-order valence-electron chi connectivity index (χ1n) is 7.09. The molecule has 1 atom stereocenters. The molecule has 0 aliphatic heterocycles. The van der Waals surface area contributed by atoms with E-state index in [1.165, 1.54) is 11.3 Å². The Balaban J connectivity index is 2.51. The van der Waals surface area contributed by atoms with Gasteiger partial charge in [0.1, 0.15) is 0 Å². The van der Waals surface area contributed by atoms with Crippen molar-refractivity contribution < 1.29 is 9.47 Å². The van der Waals surface area contributed by atoms with Gasteiger partial charge in [-0.1, -0.05) is 32.9 Å². The lowest BCUT2D eigenvalue weighted by Crippen LogP contribution is -2.24. The number of hydrogen-bond acceptors (Lipinski definition) is 3. The van der Waals surface area contributed by atoms with Crippen LogP contribution in [0.5, 0.6) is 0 Å². The van der Waals surface area contributed by atoms with Gasteiger partial charge in [0.05, 0.1) is 19.8 Å². The molecule has 0 saturated heterocycles. The average molecular weight is 265 g/mol. The lowest BCUT2D eigenvalue weighted by atomic mass is 10.0. The molecule has 0 spiro atoms. The van der Waals surface area contributed by atoms with Crippen LogP contribution in [0.3, 0.4) is 0 Å². The second-order valence-corrected chi connectivity index (χ2v) is 5.15. The third-order valence-corrected chi connectivity index (χ3v) is 3.22. The molecule has 1 N–H and O–H groups in total. The molecule has 1 aromatic rings. The van der Waals surface area contributed by atoms with Crippen LogP contribution < -0.4 is 5.32 Å². The SMILES string of the molecule is CCC(Nc1cccc(COCCOC)c1)C(C)C. The topological polar surface area (TPSA) is 30.5 Å². The summed E-state index contributed by atoms with van der Waals surface area (Å²) in [7, 11) is 1.69. The molecular formula is C16H27NO2. The Labute approximate surface area is 117 Å². The second kappa shape index (κ2) is 8.94. The largest absolute Gasteiger partial charge is 0.382 e. The Morgan fingerprint density at radius 2 is 2.00 bits per heavy atom. The van der Waals surface area contributed by atoms with E-state index in [2.05, 4.69) is 50.4 Å².